The molecule has 1 aliphatic rings. The topological polar surface area (TPSA) is 83.1 Å². The lowest BCUT2D eigenvalue weighted by atomic mass is 10.1. The number of halogens is 1. The van der Waals surface area contributed by atoms with Gasteiger partial charge in [-0.25, -0.2) is 4.79 Å². The van der Waals surface area contributed by atoms with Crippen molar-refractivity contribution < 1.29 is 4.74 Å². The summed E-state index contributed by atoms with van der Waals surface area (Å²) in [5.41, 5.74) is 1.10. The molecule has 0 bridgehead atoms. The third-order valence-corrected chi connectivity index (χ3v) is 7.20. The average Bonchev–Trinajstić information content (AvgIpc) is 3.13. The molecule has 1 N–H and O–H groups in total. The second-order valence-electron chi connectivity index (χ2n) is 7.77. The maximum absolute atomic E-state index is 13.3. The first-order chi connectivity index (χ1) is 15.5. The summed E-state index contributed by atoms with van der Waals surface area (Å²) >= 11 is 8.30. The zero-order chi connectivity index (χ0) is 22.8. The maximum Gasteiger partial charge on any atom is 0.332 e. The van der Waals surface area contributed by atoms with Crippen molar-refractivity contribution in [3.8, 4) is 5.75 Å². The van der Waals surface area contributed by atoms with Crippen LogP contribution in [-0.2, 0) is 19.6 Å². The molecule has 0 unspecified atom stereocenters. The number of hydrogen-bond donors (Lipinski definition) is 1. The third kappa shape index (κ3) is 4.15. The number of imidazole rings is 1. The Morgan fingerprint density at radius 1 is 1.16 bits per heavy atom. The van der Waals surface area contributed by atoms with E-state index in [0.29, 0.717) is 47.5 Å². The molecule has 1 saturated heterocycles. The lowest BCUT2D eigenvalue weighted by molar-refractivity contribution is 0.415. The van der Waals surface area contributed by atoms with Gasteiger partial charge in [-0.05, 0) is 55.9 Å². The molecule has 0 atom stereocenters. The number of aryl methyl sites for hydroxylation is 1. The van der Waals surface area contributed by atoms with Crippen LogP contribution in [0.5, 0.6) is 5.75 Å². The molecule has 0 radical (unpaired) electrons. The molecule has 0 aliphatic carbocycles. The molecule has 4 rings (SSSR count). The standard InChI is InChI=1S/C22H28ClN5O3S/c1-4-26-19-18(20(29)27(5-2)22(26)30)28(13-14-6-7-17(31-3)16(23)12-14)21(25-19)24-15-8-10-32-11-9-15/h6-7,12,15H,4-5,8-11,13H2,1-3H3,(H,24,25). The molecule has 0 saturated carbocycles. The number of fused-ring (bicyclic) bond motifs is 1. The number of rotatable bonds is 7. The van der Waals surface area contributed by atoms with Gasteiger partial charge in [0.2, 0.25) is 5.95 Å². The Bertz CT molecular complexity index is 1240. The van der Waals surface area contributed by atoms with Crippen molar-refractivity contribution in [3.05, 3.63) is 49.6 Å². The number of aromatic nitrogens is 4. The van der Waals surface area contributed by atoms with Crippen LogP contribution in [0, 0.1) is 0 Å². The molecule has 0 spiro atoms. The predicted octanol–water partition coefficient (Wildman–Crippen LogP) is 3.42. The van der Waals surface area contributed by atoms with Gasteiger partial charge < -0.3 is 10.1 Å². The number of anilines is 1. The van der Waals surface area contributed by atoms with E-state index in [2.05, 4.69) is 5.32 Å². The summed E-state index contributed by atoms with van der Waals surface area (Å²) < 4.78 is 9.99. The van der Waals surface area contributed by atoms with E-state index < -0.39 is 0 Å². The summed E-state index contributed by atoms with van der Waals surface area (Å²) in [7, 11) is 1.58. The van der Waals surface area contributed by atoms with Crippen LogP contribution in [0.3, 0.4) is 0 Å². The fourth-order valence-corrected chi connectivity index (χ4v) is 5.52. The Morgan fingerprint density at radius 2 is 1.88 bits per heavy atom. The van der Waals surface area contributed by atoms with Crippen LogP contribution in [0.2, 0.25) is 5.02 Å². The molecule has 1 aliphatic heterocycles. The zero-order valence-corrected chi connectivity index (χ0v) is 20.1. The van der Waals surface area contributed by atoms with Crippen LogP contribution in [-0.4, -0.2) is 43.3 Å². The first-order valence-electron chi connectivity index (χ1n) is 10.9. The summed E-state index contributed by atoms with van der Waals surface area (Å²) in [6.45, 7) is 4.82. The highest BCUT2D eigenvalue weighted by Gasteiger charge is 2.23. The van der Waals surface area contributed by atoms with E-state index in [-0.39, 0.29) is 17.3 Å². The number of benzene rings is 1. The third-order valence-electron chi connectivity index (χ3n) is 5.86. The Labute approximate surface area is 195 Å². The molecule has 0 amide bonds. The van der Waals surface area contributed by atoms with Crippen LogP contribution in [0.15, 0.2) is 27.8 Å². The van der Waals surface area contributed by atoms with Crippen LogP contribution < -0.4 is 21.3 Å². The lowest BCUT2D eigenvalue weighted by Crippen LogP contribution is -2.40. The van der Waals surface area contributed by atoms with Gasteiger partial charge in [-0.2, -0.15) is 16.7 Å². The van der Waals surface area contributed by atoms with Gasteiger partial charge in [-0.15, -0.1) is 0 Å². The Balaban J connectivity index is 1.90. The van der Waals surface area contributed by atoms with Crippen molar-refractivity contribution in [1.29, 1.82) is 0 Å². The van der Waals surface area contributed by atoms with Crippen molar-refractivity contribution in [2.24, 2.45) is 0 Å². The molecule has 8 nitrogen and oxygen atoms in total. The van der Waals surface area contributed by atoms with E-state index in [4.69, 9.17) is 21.3 Å². The van der Waals surface area contributed by atoms with Crippen molar-refractivity contribution in [2.45, 2.75) is 52.4 Å². The lowest BCUT2D eigenvalue weighted by Gasteiger charge is -2.23. The summed E-state index contributed by atoms with van der Waals surface area (Å²) in [6, 6.07) is 5.85. The van der Waals surface area contributed by atoms with Crippen LogP contribution in [0.1, 0.15) is 32.3 Å². The van der Waals surface area contributed by atoms with Gasteiger partial charge in [-0.3, -0.25) is 18.5 Å². The fourth-order valence-electron chi connectivity index (χ4n) is 4.13. The van der Waals surface area contributed by atoms with Gasteiger partial charge in [0.05, 0.1) is 18.7 Å². The summed E-state index contributed by atoms with van der Waals surface area (Å²) in [5, 5.41) is 4.05. The number of nitrogens with one attached hydrogen (secondary N) is 1. The second kappa shape index (κ2) is 9.62. The van der Waals surface area contributed by atoms with Crippen LogP contribution >= 0.6 is 23.4 Å². The molecule has 10 heteroatoms. The van der Waals surface area contributed by atoms with Crippen molar-refractivity contribution in [2.75, 3.05) is 23.9 Å². The minimum absolute atomic E-state index is 0.279. The van der Waals surface area contributed by atoms with E-state index in [1.54, 1.807) is 18.6 Å². The van der Waals surface area contributed by atoms with Gasteiger partial charge in [0.1, 0.15) is 5.75 Å². The molecule has 2 aromatic heterocycles. The molecule has 1 fully saturated rings. The van der Waals surface area contributed by atoms with Gasteiger partial charge in [0.15, 0.2) is 11.2 Å². The smallest absolute Gasteiger partial charge is 0.332 e. The fraction of sp³-hybridized carbons (Fsp3) is 0.500. The Morgan fingerprint density at radius 3 is 2.50 bits per heavy atom. The highest BCUT2D eigenvalue weighted by molar-refractivity contribution is 7.99. The van der Waals surface area contributed by atoms with Gasteiger partial charge in [-0.1, -0.05) is 17.7 Å². The molecular weight excluding hydrogens is 450 g/mol. The maximum atomic E-state index is 13.3. The average molecular weight is 478 g/mol. The van der Waals surface area contributed by atoms with E-state index in [9.17, 15) is 9.59 Å². The minimum atomic E-state index is -0.328. The number of ether oxygens (including phenoxy) is 1. The van der Waals surface area contributed by atoms with Crippen molar-refractivity contribution >= 4 is 40.5 Å². The van der Waals surface area contributed by atoms with Crippen molar-refractivity contribution in [1.82, 2.24) is 18.7 Å². The number of methoxy groups -OCH3 is 1. The largest absolute Gasteiger partial charge is 0.495 e. The second-order valence-corrected chi connectivity index (χ2v) is 9.40. The van der Waals surface area contributed by atoms with E-state index in [0.717, 1.165) is 29.9 Å². The summed E-state index contributed by atoms with van der Waals surface area (Å²) in [5.74, 6) is 3.39. The molecule has 3 aromatic rings. The number of hydrogen-bond acceptors (Lipinski definition) is 6. The highest BCUT2D eigenvalue weighted by Crippen LogP contribution is 2.28. The first-order valence-corrected chi connectivity index (χ1v) is 12.4. The summed E-state index contributed by atoms with van der Waals surface area (Å²) in [6.07, 6.45) is 2.06. The minimum Gasteiger partial charge on any atom is -0.495 e. The number of thioether (sulfide) groups is 1. The van der Waals surface area contributed by atoms with Crippen molar-refractivity contribution in [3.63, 3.8) is 0 Å². The highest BCUT2D eigenvalue weighted by atomic mass is 35.5. The quantitative estimate of drug-likeness (QED) is 0.561. The zero-order valence-electron chi connectivity index (χ0n) is 18.6. The summed E-state index contributed by atoms with van der Waals surface area (Å²) in [4.78, 5) is 31.0. The molecule has 1 aromatic carbocycles. The van der Waals surface area contributed by atoms with E-state index in [1.807, 2.05) is 41.5 Å². The van der Waals surface area contributed by atoms with Gasteiger partial charge >= 0.3 is 5.69 Å². The first kappa shape index (κ1) is 22.8. The molecule has 3 heterocycles. The van der Waals surface area contributed by atoms with E-state index >= 15 is 0 Å². The predicted molar refractivity (Wildman–Crippen MR) is 131 cm³/mol. The Hall–Kier alpha value is -2.39. The van der Waals surface area contributed by atoms with Gasteiger partial charge in [0, 0.05) is 19.1 Å². The molecule has 32 heavy (non-hydrogen) atoms. The monoisotopic (exact) mass is 477 g/mol. The normalized spacial score (nSPS) is 14.8. The van der Waals surface area contributed by atoms with Crippen LogP contribution in [0.4, 0.5) is 5.95 Å². The SMILES string of the molecule is CCn1c(=O)c2c(nc(NC3CCSCC3)n2Cc2ccc(OC)c(Cl)c2)n(CC)c1=O. The number of nitrogens with zero attached hydrogens (tertiary/aromatic N) is 4. The Kier molecular flexibility index (Phi) is 6.85. The molecular formula is C22H28ClN5O3S. The molecule has 172 valence electrons. The van der Waals surface area contributed by atoms with Gasteiger partial charge in [0.25, 0.3) is 5.56 Å². The van der Waals surface area contributed by atoms with E-state index in [1.165, 1.54) is 4.57 Å². The van der Waals surface area contributed by atoms with Crippen LogP contribution in [0.25, 0.3) is 11.2 Å².